The molecular weight excluding hydrogens is 212 g/mol. The van der Waals surface area contributed by atoms with E-state index in [0.717, 1.165) is 12.2 Å². The van der Waals surface area contributed by atoms with Gasteiger partial charge in [-0.05, 0) is 0 Å². The van der Waals surface area contributed by atoms with Crippen molar-refractivity contribution in [2.45, 2.75) is 0 Å². The van der Waals surface area contributed by atoms with Crippen molar-refractivity contribution >= 4 is 12.2 Å². The minimum Gasteiger partial charge on any atom is -0.356 e. The molecule has 76 valence electrons. The molecule has 1 aromatic heterocycles. The fraction of sp³-hybridized carbons (Fsp3) is 0. The zero-order valence-electron chi connectivity index (χ0n) is 6.74. The van der Waals surface area contributed by atoms with E-state index in [0.29, 0.717) is 0 Å². The summed E-state index contributed by atoms with van der Waals surface area (Å²) in [6.45, 7) is 0. The van der Waals surface area contributed by atoms with E-state index in [9.17, 15) is 24.0 Å². The molecule has 0 atom stereocenters. The highest BCUT2D eigenvalue weighted by Gasteiger charge is 2.10. The fourth-order valence-electron chi connectivity index (χ4n) is 0.656. The molecule has 1 heterocycles. The van der Waals surface area contributed by atoms with E-state index in [2.05, 4.69) is 14.6 Å². The summed E-state index contributed by atoms with van der Waals surface area (Å²) >= 11 is 0. The number of nitrogens with zero attached hydrogens (tertiary/aromatic N) is 4. The Balaban J connectivity index is 3.88. The highest BCUT2D eigenvalue weighted by Crippen LogP contribution is 1.68. The Bertz CT molecular complexity index is 596. The van der Waals surface area contributed by atoms with Gasteiger partial charge in [0.25, 0.3) is 12.2 Å². The van der Waals surface area contributed by atoms with Gasteiger partial charge in [0.05, 0.1) is 0 Å². The number of isocyanates is 2. The van der Waals surface area contributed by atoms with Crippen molar-refractivity contribution in [3.8, 4) is 0 Å². The van der Waals surface area contributed by atoms with Crippen molar-refractivity contribution in [1.29, 1.82) is 0 Å². The third kappa shape index (κ3) is 1.75. The average molecular weight is 212 g/mol. The minimum atomic E-state index is -1.49. The topological polar surface area (TPSA) is 133 Å². The third-order valence-electron chi connectivity index (χ3n) is 1.16. The molecular formula is C5N4O6. The molecule has 0 aromatic carbocycles. The van der Waals surface area contributed by atoms with Gasteiger partial charge >= 0.3 is 17.2 Å². The van der Waals surface area contributed by atoms with Gasteiger partial charge in [-0.15, -0.1) is 0 Å². The van der Waals surface area contributed by atoms with E-state index >= 15 is 0 Å². The van der Waals surface area contributed by atoms with Crippen molar-refractivity contribution in [2.75, 3.05) is 0 Å². The lowest BCUT2D eigenvalue weighted by Crippen LogP contribution is -2.43. The van der Waals surface area contributed by atoms with Crippen LogP contribution in [0.3, 0.4) is 0 Å². The molecule has 1 rings (SSSR count). The van der Waals surface area contributed by atoms with Crippen molar-refractivity contribution < 1.29 is 14.0 Å². The Hall–Kier alpha value is -2.83. The first kappa shape index (κ1) is 10.3. The van der Waals surface area contributed by atoms with Crippen LogP contribution in [0, 0.1) is 0 Å². The number of carbonyl (C=O) groups excluding carboxylic acids is 2. The van der Waals surface area contributed by atoms with Crippen LogP contribution in [-0.4, -0.2) is 21.5 Å². The van der Waals surface area contributed by atoms with Crippen LogP contribution in [0.4, 0.5) is 0 Å². The van der Waals surface area contributed by atoms with Crippen LogP contribution in [0.15, 0.2) is 29.0 Å². The van der Waals surface area contributed by atoms with E-state index in [1.165, 1.54) is 0 Å². The summed E-state index contributed by atoms with van der Waals surface area (Å²) in [7, 11) is 0. The van der Waals surface area contributed by atoms with Crippen molar-refractivity contribution in [1.82, 2.24) is 9.35 Å². The smallest absolute Gasteiger partial charge is 0.356 e. The summed E-state index contributed by atoms with van der Waals surface area (Å²) in [4.78, 5) is 52.3. The van der Waals surface area contributed by atoms with E-state index in [-0.39, 0.29) is 9.35 Å². The molecule has 15 heavy (non-hydrogen) atoms. The van der Waals surface area contributed by atoms with Gasteiger partial charge in [0.15, 0.2) is 0 Å². The van der Waals surface area contributed by atoms with Gasteiger partial charge < -0.3 is 4.42 Å². The van der Waals surface area contributed by atoms with E-state index in [4.69, 9.17) is 0 Å². The molecule has 0 bridgehead atoms. The maximum Gasteiger partial charge on any atom is 0.449 e. The van der Waals surface area contributed by atoms with Crippen LogP contribution in [-0.2, 0) is 9.59 Å². The molecule has 0 radical (unpaired) electrons. The molecule has 0 amide bonds. The zero-order chi connectivity index (χ0) is 11.4. The predicted molar refractivity (Wildman–Crippen MR) is 40.5 cm³/mol. The molecule has 0 N–H and O–H groups in total. The quantitative estimate of drug-likeness (QED) is 0.383. The van der Waals surface area contributed by atoms with Gasteiger partial charge in [-0.2, -0.15) is 0 Å². The third-order valence-corrected chi connectivity index (χ3v) is 1.16. The van der Waals surface area contributed by atoms with Crippen LogP contribution < -0.4 is 17.2 Å². The van der Waals surface area contributed by atoms with Crippen molar-refractivity contribution in [2.24, 2.45) is 10.2 Å². The van der Waals surface area contributed by atoms with E-state index < -0.39 is 17.2 Å². The maximum absolute atomic E-state index is 11.1. The molecule has 10 heteroatoms. The fourth-order valence-corrected chi connectivity index (χ4v) is 0.656. The van der Waals surface area contributed by atoms with Crippen LogP contribution in [0.1, 0.15) is 0 Å². The van der Waals surface area contributed by atoms with Crippen LogP contribution in [0.25, 0.3) is 0 Å². The van der Waals surface area contributed by atoms with Crippen molar-refractivity contribution in [3.05, 3.63) is 31.6 Å². The molecule has 0 saturated heterocycles. The lowest BCUT2D eigenvalue weighted by atomic mass is 11.0. The Morgan fingerprint density at radius 1 is 0.933 bits per heavy atom. The van der Waals surface area contributed by atoms with Gasteiger partial charge in [0, 0.05) is 0 Å². The second-order valence-corrected chi connectivity index (χ2v) is 1.92. The standard InChI is InChI=1S/C5N4O6/c10-1-6-8-3(12)9(7-2-11)5(14)15-4(8)13. The molecule has 0 aliphatic heterocycles. The Labute approximate surface area is 78.4 Å². The second kappa shape index (κ2) is 3.92. The van der Waals surface area contributed by atoms with Crippen LogP contribution in [0.2, 0.25) is 0 Å². The van der Waals surface area contributed by atoms with Gasteiger partial charge in [-0.25, -0.2) is 24.0 Å². The monoisotopic (exact) mass is 212 g/mol. The summed E-state index contributed by atoms with van der Waals surface area (Å²) in [5.74, 6) is -2.99. The second-order valence-electron chi connectivity index (χ2n) is 1.92. The molecule has 1 aromatic rings. The summed E-state index contributed by atoms with van der Waals surface area (Å²) in [6.07, 6.45) is 1.75. The molecule has 0 aliphatic carbocycles. The van der Waals surface area contributed by atoms with Gasteiger partial charge in [-0.3, -0.25) is 0 Å². The van der Waals surface area contributed by atoms with Gasteiger partial charge in [-0.1, -0.05) is 19.6 Å². The Morgan fingerprint density at radius 3 is 1.67 bits per heavy atom. The van der Waals surface area contributed by atoms with Crippen LogP contribution >= 0.6 is 0 Å². The normalized spacial score (nSPS) is 8.80. The maximum atomic E-state index is 11.1. The highest BCUT2D eigenvalue weighted by molar-refractivity contribution is 5.33. The van der Waals surface area contributed by atoms with Gasteiger partial charge in [0.2, 0.25) is 0 Å². The minimum absolute atomic E-state index is 0.130. The summed E-state index contributed by atoms with van der Waals surface area (Å²) in [6, 6.07) is 0. The SMILES string of the molecule is O=C=Nn1c(=O)oc(=O)n(N=C=O)c1=O. The summed E-state index contributed by atoms with van der Waals surface area (Å²) < 4.78 is 3.64. The van der Waals surface area contributed by atoms with Gasteiger partial charge in [0.1, 0.15) is 0 Å². The Kier molecular flexibility index (Phi) is 2.68. The first-order valence-electron chi connectivity index (χ1n) is 3.17. The first-order chi connectivity index (χ1) is 7.11. The number of aromatic nitrogens is 2. The molecule has 0 aliphatic rings. The average Bonchev–Trinajstić information content (AvgIpc) is 2.19. The van der Waals surface area contributed by atoms with E-state index in [1.54, 1.807) is 0 Å². The van der Waals surface area contributed by atoms with Crippen molar-refractivity contribution in [3.63, 3.8) is 0 Å². The lowest BCUT2D eigenvalue weighted by molar-refractivity contribution is 0.344. The molecule has 0 saturated carbocycles. The van der Waals surface area contributed by atoms with Crippen LogP contribution in [0.5, 0.6) is 0 Å². The summed E-state index contributed by atoms with van der Waals surface area (Å²) in [5.41, 5.74) is -1.44. The molecule has 0 unspecified atom stereocenters. The van der Waals surface area contributed by atoms with E-state index in [1.807, 2.05) is 0 Å². The largest absolute Gasteiger partial charge is 0.449 e. The Morgan fingerprint density at radius 2 is 1.33 bits per heavy atom. The number of hydrogen-bond donors (Lipinski definition) is 0. The molecule has 0 spiro atoms. The number of hydrogen-bond acceptors (Lipinski definition) is 8. The molecule has 10 nitrogen and oxygen atoms in total. The zero-order valence-corrected chi connectivity index (χ0v) is 6.74. The highest BCUT2D eigenvalue weighted by atomic mass is 16.5. The molecule has 0 fully saturated rings. The predicted octanol–water partition coefficient (Wildman–Crippen LogP) is -2.84. The lowest BCUT2D eigenvalue weighted by Gasteiger charge is -1.93. The summed E-state index contributed by atoms with van der Waals surface area (Å²) in [5, 5.41) is 5.27. The first-order valence-corrected chi connectivity index (χ1v) is 3.17. The number of rotatable bonds is 2.